The number of rotatable bonds is 5. The molecule has 1 aliphatic carbocycles. The van der Waals surface area contributed by atoms with E-state index < -0.39 is 11.7 Å². The van der Waals surface area contributed by atoms with Crippen LogP contribution in [0, 0.1) is 5.92 Å². The molecule has 0 aromatic carbocycles. The quantitative estimate of drug-likeness (QED) is 0.636. The summed E-state index contributed by atoms with van der Waals surface area (Å²) < 4.78 is 4.94. The van der Waals surface area contributed by atoms with Gasteiger partial charge < -0.3 is 20.9 Å². The molecule has 0 bridgehead atoms. The molecule has 1 saturated carbocycles. The van der Waals surface area contributed by atoms with E-state index in [2.05, 4.69) is 12.2 Å². The van der Waals surface area contributed by atoms with E-state index in [0.29, 0.717) is 5.92 Å². The monoisotopic (exact) mass is 244 g/mol. The van der Waals surface area contributed by atoms with Crippen molar-refractivity contribution in [1.29, 1.82) is 0 Å². The predicted molar refractivity (Wildman–Crippen MR) is 65.4 cm³/mol. The number of aliphatic hydroxyl groups is 1. The van der Waals surface area contributed by atoms with Gasteiger partial charge in [0.2, 0.25) is 0 Å². The number of ether oxygens (including phenoxy) is 1. The largest absolute Gasteiger partial charge is 0.388 e. The second-order valence-electron chi connectivity index (χ2n) is 5.10. The second-order valence-corrected chi connectivity index (χ2v) is 5.10. The Balaban J connectivity index is 2.41. The summed E-state index contributed by atoms with van der Waals surface area (Å²) in [6.45, 7) is 2.57. The lowest BCUT2D eigenvalue weighted by atomic mass is 9.79. The Bertz CT molecular complexity index is 256. The molecule has 5 heteroatoms. The summed E-state index contributed by atoms with van der Waals surface area (Å²) in [6.07, 6.45) is 3.03. The van der Waals surface area contributed by atoms with Crippen molar-refractivity contribution in [3.63, 3.8) is 0 Å². The van der Waals surface area contributed by atoms with Gasteiger partial charge in [-0.25, -0.2) is 0 Å². The molecule has 5 nitrogen and oxygen atoms in total. The summed E-state index contributed by atoms with van der Waals surface area (Å²) in [5.41, 5.74) is 4.64. The fourth-order valence-electron chi connectivity index (χ4n) is 2.47. The van der Waals surface area contributed by atoms with E-state index in [1.807, 2.05) is 0 Å². The van der Waals surface area contributed by atoms with E-state index in [4.69, 9.17) is 10.5 Å². The number of nitrogens with two attached hydrogens (primary N) is 1. The van der Waals surface area contributed by atoms with Crippen molar-refractivity contribution in [2.45, 2.75) is 44.3 Å². The van der Waals surface area contributed by atoms with E-state index in [9.17, 15) is 9.90 Å². The minimum absolute atomic E-state index is 0.150. The molecule has 0 aliphatic heterocycles. The van der Waals surface area contributed by atoms with Crippen LogP contribution in [0.25, 0.3) is 0 Å². The van der Waals surface area contributed by atoms with Crippen LogP contribution in [0.2, 0.25) is 0 Å². The van der Waals surface area contributed by atoms with Gasteiger partial charge in [-0.1, -0.05) is 19.8 Å². The van der Waals surface area contributed by atoms with Crippen molar-refractivity contribution in [3.8, 4) is 0 Å². The van der Waals surface area contributed by atoms with Crippen LogP contribution in [0.3, 0.4) is 0 Å². The molecule has 0 heterocycles. The maximum Gasteiger partial charge on any atom is 0.250 e. The summed E-state index contributed by atoms with van der Waals surface area (Å²) in [7, 11) is 1.45. The Morgan fingerprint density at radius 1 is 1.71 bits per heavy atom. The highest BCUT2D eigenvalue weighted by molar-refractivity contribution is 5.81. The highest BCUT2D eigenvalue weighted by atomic mass is 16.5. The van der Waals surface area contributed by atoms with Gasteiger partial charge in [0.15, 0.2) is 0 Å². The van der Waals surface area contributed by atoms with E-state index >= 15 is 0 Å². The third kappa shape index (κ3) is 4.26. The fraction of sp³-hybridized carbons (Fsp3) is 0.917. The molecule has 0 aromatic heterocycles. The molecule has 4 N–H and O–H groups in total. The van der Waals surface area contributed by atoms with Gasteiger partial charge in [-0.2, -0.15) is 0 Å². The molecule has 0 aromatic rings. The molecule has 0 saturated heterocycles. The van der Waals surface area contributed by atoms with Gasteiger partial charge >= 0.3 is 0 Å². The van der Waals surface area contributed by atoms with Crippen LogP contribution in [0.1, 0.15) is 32.6 Å². The zero-order valence-electron chi connectivity index (χ0n) is 10.7. The van der Waals surface area contributed by atoms with Crippen LogP contribution in [-0.2, 0) is 9.53 Å². The average molecular weight is 244 g/mol. The SMILES string of the molecule is COC(CN)C(=O)NCC1(O)CCCC(C)C1. The number of amides is 1. The van der Waals surface area contributed by atoms with Crippen molar-refractivity contribution in [2.24, 2.45) is 11.7 Å². The molecular weight excluding hydrogens is 220 g/mol. The molecule has 1 fully saturated rings. The predicted octanol–water partition coefficient (Wildman–Crippen LogP) is 0.0175. The number of hydrogen-bond donors (Lipinski definition) is 3. The average Bonchev–Trinajstić information content (AvgIpc) is 2.28. The lowest BCUT2D eigenvalue weighted by Crippen LogP contribution is -2.49. The van der Waals surface area contributed by atoms with Crippen LogP contribution < -0.4 is 11.1 Å². The first kappa shape index (κ1) is 14.4. The Labute approximate surface area is 103 Å². The molecule has 17 heavy (non-hydrogen) atoms. The van der Waals surface area contributed by atoms with E-state index in [0.717, 1.165) is 25.7 Å². The lowest BCUT2D eigenvalue weighted by Gasteiger charge is -2.35. The molecular formula is C12H24N2O3. The summed E-state index contributed by atoms with van der Waals surface area (Å²) >= 11 is 0. The van der Waals surface area contributed by atoms with Gasteiger partial charge in [0.05, 0.1) is 5.60 Å². The summed E-state index contributed by atoms with van der Waals surface area (Å²) in [6, 6.07) is 0. The molecule has 3 unspecified atom stereocenters. The lowest BCUT2D eigenvalue weighted by molar-refractivity contribution is -0.132. The normalized spacial score (nSPS) is 30.9. The first-order chi connectivity index (χ1) is 8.00. The summed E-state index contributed by atoms with van der Waals surface area (Å²) in [5.74, 6) is 0.264. The van der Waals surface area contributed by atoms with Crippen molar-refractivity contribution < 1.29 is 14.6 Å². The first-order valence-electron chi connectivity index (χ1n) is 6.23. The molecule has 1 amide bonds. The van der Waals surface area contributed by atoms with Crippen molar-refractivity contribution >= 4 is 5.91 Å². The van der Waals surface area contributed by atoms with E-state index in [1.165, 1.54) is 7.11 Å². The van der Waals surface area contributed by atoms with E-state index in [-0.39, 0.29) is 19.0 Å². The topological polar surface area (TPSA) is 84.6 Å². The number of carbonyl (C=O) groups excluding carboxylic acids is 1. The zero-order chi connectivity index (χ0) is 12.9. The Kier molecular flexibility index (Phi) is 5.36. The maximum absolute atomic E-state index is 11.6. The minimum Gasteiger partial charge on any atom is -0.388 e. The van der Waals surface area contributed by atoms with E-state index in [1.54, 1.807) is 0 Å². The summed E-state index contributed by atoms with van der Waals surface area (Å²) in [5, 5.41) is 13.1. The third-order valence-corrected chi connectivity index (χ3v) is 3.45. The molecule has 1 rings (SSSR count). The summed E-state index contributed by atoms with van der Waals surface area (Å²) in [4.78, 5) is 11.6. The van der Waals surface area contributed by atoms with Gasteiger partial charge in [0.1, 0.15) is 6.10 Å². The second kappa shape index (κ2) is 6.33. The smallest absolute Gasteiger partial charge is 0.250 e. The third-order valence-electron chi connectivity index (χ3n) is 3.45. The Morgan fingerprint density at radius 3 is 2.94 bits per heavy atom. The van der Waals surface area contributed by atoms with Gasteiger partial charge in [0.25, 0.3) is 5.91 Å². The molecule has 0 radical (unpaired) electrons. The van der Waals surface area contributed by atoms with Crippen molar-refractivity contribution in [2.75, 3.05) is 20.2 Å². The van der Waals surface area contributed by atoms with Crippen LogP contribution in [-0.4, -0.2) is 42.9 Å². The van der Waals surface area contributed by atoms with Crippen LogP contribution in [0.5, 0.6) is 0 Å². The standard InChI is InChI=1S/C12H24N2O3/c1-9-4-3-5-12(16,6-9)8-14-11(15)10(7-13)17-2/h9-10,16H,3-8,13H2,1-2H3,(H,14,15). The highest BCUT2D eigenvalue weighted by Gasteiger charge is 2.33. The van der Waals surface area contributed by atoms with Crippen molar-refractivity contribution in [1.82, 2.24) is 5.32 Å². The Hall–Kier alpha value is -0.650. The number of hydrogen-bond acceptors (Lipinski definition) is 4. The number of nitrogens with one attached hydrogen (secondary N) is 1. The first-order valence-corrected chi connectivity index (χ1v) is 6.23. The van der Waals surface area contributed by atoms with Crippen molar-refractivity contribution in [3.05, 3.63) is 0 Å². The minimum atomic E-state index is -0.764. The van der Waals surface area contributed by atoms with Gasteiger partial charge in [-0.05, 0) is 18.8 Å². The number of methoxy groups -OCH3 is 1. The molecule has 3 atom stereocenters. The zero-order valence-corrected chi connectivity index (χ0v) is 10.7. The van der Waals surface area contributed by atoms with Gasteiger partial charge in [-0.15, -0.1) is 0 Å². The molecule has 100 valence electrons. The Morgan fingerprint density at radius 2 is 2.41 bits per heavy atom. The maximum atomic E-state index is 11.6. The van der Waals surface area contributed by atoms with Crippen LogP contribution in [0.4, 0.5) is 0 Å². The number of carbonyl (C=O) groups is 1. The highest BCUT2D eigenvalue weighted by Crippen LogP contribution is 2.31. The van der Waals surface area contributed by atoms with Gasteiger partial charge in [-0.3, -0.25) is 4.79 Å². The van der Waals surface area contributed by atoms with Gasteiger partial charge in [0, 0.05) is 20.2 Å². The fourth-order valence-corrected chi connectivity index (χ4v) is 2.47. The molecule has 0 spiro atoms. The van der Waals surface area contributed by atoms with Crippen LogP contribution in [0.15, 0.2) is 0 Å². The van der Waals surface area contributed by atoms with Crippen LogP contribution >= 0.6 is 0 Å². The molecule has 1 aliphatic rings.